The fourth-order valence-electron chi connectivity index (χ4n) is 1.81. The van der Waals surface area contributed by atoms with E-state index in [1.165, 1.54) is 17.4 Å². The zero-order valence-corrected chi connectivity index (χ0v) is 10.9. The molecule has 0 bridgehead atoms. The predicted molar refractivity (Wildman–Crippen MR) is 69.3 cm³/mol. The van der Waals surface area contributed by atoms with Crippen LogP contribution in [0.3, 0.4) is 0 Å². The molecule has 1 unspecified atom stereocenters. The lowest BCUT2D eigenvalue weighted by atomic mass is 10.0. The van der Waals surface area contributed by atoms with Gasteiger partial charge in [-0.1, -0.05) is 0 Å². The van der Waals surface area contributed by atoms with Gasteiger partial charge in [-0.3, -0.25) is 5.84 Å². The van der Waals surface area contributed by atoms with Crippen LogP contribution in [0.15, 0.2) is 24.3 Å². The first-order chi connectivity index (χ1) is 8.52. The molecule has 0 aliphatic rings. The molecule has 5 heteroatoms. The molecule has 0 radical (unpaired) electrons. The number of hydrogen-bond acceptors (Lipinski definition) is 3. The van der Waals surface area contributed by atoms with Crippen molar-refractivity contribution in [2.75, 3.05) is 0 Å². The van der Waals surface area contributed by atoms with Crippen molar-refractivity contribution in [2.45, 2.75) is 19.9 Å². The molecule has 1 aromatic carbocycles. The standard InChI is InChI=1S/C13H14F2N2S/c1-7-5-12(18-8(7)2)13(17-16)10-6-9(14)3-4-11(10)15/h3-6,13,17H,16H2,1-2H3. The van der Waals surface area contributed by atoms with Crippen LogP contribution in [0.5, 0.6) is 0 Å². The highest BCUT2D eigenvalue weighted by Gasteiger charge is 2.19. The molecule has 2 rings (SSSR count). The van der Waals surface area contributed by atoms with Gasteiger partial charge in [0.2, 0.25) is 0 Å². The van der Waals surface area contributed by atoms with Crippen molar-refractivity contribution in [1.82, 2.24) is 5.43 Å². The molecule has 1 aromatic heterocycles. The van der Waals surface area contributed by atoms with Crippen molar-refractivity contribution < 1.29 is 8.78 Å². The molecule has 3 N–H and O–H groups in total. The molecular weight excluding hydrogens is 254 g/mol. The molecule has 0 saturated heterocycles. The molecule has 2 aromatic rings. The summed E-state index contributed by atoms with van der Waals surface area (Å²) in [4.78, 5) is 2.01. The van der Waals surface area contributed by atoms with Gasteiger partial charge in [0.1, 0.15) is 11.6 Å². The summed E-state index contributed by atoms with van der Waals surface area (Å²) >= 11 is 1.52. The largest absolute Gasteiger partial charge is 0.271 e. The van der Waals surface area contributed by atoms with Crippen LogP contribution in [-0.4, -0.2) is 0 Å². The van der Waals surface area contributed by atoms with E-state index in [1.54, 1.807) is 0 Å². The highest BCUT2D eigenvalue weighted by Crippen LogP contribution is 2.31. The average Bonchev–Trinajstić information content (AvgIpc) is 2.65. The monoisotopic (exact) mass is 268 g/mol. The van der Waals surface area contributed by atoms with Crippen LogP contribution in [0.4, 0.5) is 8.78 Å². The molecule has 0 spiro atoms. The van der Waals surface area contributed by atoms with Crippen LogP contribution < -0.4 is 11.3 Å². The lowest BCUT2D eigenvalue weighted by molar-refractivity contribution is 0.549. The number of hydrogen-bond donors (Lipinski definition) is 2. The Bertz CT molecular complexity index is 547. The highest BCUT2D eigenvalue weighted by molar-refractivity contribution is 7.12. The molecule has 2 nitrogen and oxygen atoms in total. The molecule has 0 saturated carbocycles. The highest BCUT2D eigenvalue weighted by atomic mass is 32.1. The van der Waals surface area contributed by atoms with E-state index in [1.807, 2.05) is 19.9 Å². The van der Waals surface area contributed by atoms with Crippen LogP contribution in [0.2, 0.25) is 0 Å². The SMILES string of the molecule is Cc1cc(C(NN)c2cc(F)ccc2F)sc1C. The quantitative estimate of drug-likeness (QED) is 0.662. The lowest BCUT2D eigenvalue weighted by Gasteiger charge is -2.15. The first-order valence-corrected chi connectivity index (χ1v) is 6.32. The second-order valence-corrected chi connectivity index (χ2v) is 5.44. The number of benzene rings is 1. The van der Waals surface area contributed by atoms with Gasteiger partial charge < -0.3 is 0 Å². The van der Waals surface area contributed by atoms with E-state index in [9.17, 15) is 8.78 Å². The number of nitrogens with two attached hydrogens (primary N) is 1. The number of nitrogens with one attached hydrogen (secondary N) is 1. The maximum atomic E-state index is 13.7. The van der Waals surface area contributed by atoms with Crippen LogP contribution in [0.25, 0.3) is 0 Å². The summed E-state index contributed by atoms with van der Waals surface area (Å²) in [6.07, 6.45) is 0. The van der Waals surface area contributed by atoms with Crippen molar-refractivity contribution in [3.8, 4) is 0 Å². The number of aryl methyl sites for hydroxylation is 2. The molecule has 1 atom stereocenters. The molecule has 0 amide bonds. The zero-order valence-electron chi connectivity index (χ0n) is 10.1. The maximum Gasteiger partial charge on any atom is 0.128 e. The van der Waals surface area contributed by atoms with E-state index in [-0.39, 0.29) is 5.56 Å². The minimum atomic E-state index is -0.530. The number of thiophene rings is 1. The van der Waals surface area contributed by atoms with Crippen molar-refractivity contribution in [3.05, 3.63) is 56.8 Å². The van der Waals surface area contributed by atoms with E-state index in [2.05, 4.69) is 5.43 Å². The van der Waals surface area contributed by atoms with E-state index >= 15 is 0 Å². The Labute approximate surface area is 108 Å². The average molecular weight is 268 g/mol. The summed E-state index contributed by atoms with van der Waals surface area (Å²) in [5.41, 5.74) is 3.89. The summed E-state index contributed by atoms with van der Waals surface area (Å²) in [7, 11) is 0. The fraction of sp³-hybridized carbons (Fsp3) is 0.231. The van der Waals surface area contributed by atoms with Crippen molar-refractivity contribution >= 4 is 11.3 Å². The lowest BCUT2D eigenvalue weighted by Crippen LogP contribution is -2.29. The Hall–Kier alpha value is -1.30. The topological polar surface area (TPSA) is 38.0 Å². The molecule has 18 heavy (non-hydrogen) atoms. The second-order valence-electron chi connectivity index (χ2n) is 4.15. The Kier molecular flexibility index (Phi) is 3.75. The second kappa shape index (κ2) is 5.14. The van der Waals surface area contributed by atoms with Gasteiger partial charge in [-0.05, 0) is 43.7 Å². The summed E-state index contributed by atoms with van der Waals surface area (Å²) in [6.45, 7) is 3.96. The van der Waals surface area contributed by atoms with E-state index in [4.69, 9.17) is 5.84 Å². The van der Waals surface area contributed by atoms with Gasteiger partial charge in [-0.2, -0.15) is 0 Å². The van der Waals surface area contributed by atoms with Gasteiger partial charge in [0.15, 0.2) is 0 Å². The van der Waals surface area contributed by atoms with Crippen molar-refractivity contribution in [3.63, 3.8) is 0 Å². The van der Waals surface area contributed by atoms with E-state index in [0.717, 1.165) is 27.5 Å². The van der Waals surface area contributed by atoms with Crippen molar-refractivity contribution in [1.29, 1.82) is 0 Å². The number of hydrazine groups is 1. The summed E-state index contributed by atoms with van der Waals surface area (Å²) in [5, 5.41) is 0. The Morgan fingerprint density at radius 3 is 2.50 bits per heavy atom. The summed E-state index contributed by atoms with van der Waals surface area (Å²) in [5.74, 6) is 4.54. The van der Waals surface area contributed by atoms with E-state index < -0.39 is 17.7 Å². The van der Waals surface area contributed by atoms with Gasteiger partial charge in [0.05, 0.1) is 6.04 Å². The van der Waals surface area contributed by atoms with Gasteiger partial charge >= 0.3 is 0 Å². The Balaban J connectivity index is 2.48. The van der Waals surface area contributed by atoms with Crippen LogP contribution >= 0.6 is 11.3 Å². The Morgan fingerprint density at radius 1 is 1.22 bits per heavy atom. The smallest absolute Gasteiger partial charge is 0.128 e. The normalized spacial score (nSPS) is 12.7. The Morgan fingerprint density at radius 2 is 1.94 bits per heavy atom. The molecular formula is C13H14F2N2S. The maximum absolute atomic E-state index is 13.7. The number of halogens is 2. The zero-order chi connectivity index (χ0) is 13.3. The third-order valence-electron chi connectivity index (χ3n) is 2.91. The third-order valence-corrected chi connectivity index (χ3v) is 4.12. The van der Waals surface area contributed by atoms with Gasteiger partial charge in [0, 0.05) is 15.3 Å². The van der Waals surface area contributed by atoms with Gasteiger partial charge in [-0.15, -0.1) is 11.3 Å². The first-order valence-electron chi connectivity index (χ1n) is 5.51. The van der Waals surface area contributed by atoms with Gasteiger partial charge in [0.25, 0.3) is 0 Å². The molecule has 1 heterocycles. The van der Waals surface area contributed by atoms with Crippen LogP contribution in [0.1, 0.15) is 26.9 Å². The molecule has 0 aliphatic carbocycles. The van der Waals surface area contributed by atoms with Crippen molar-refractivity contribution in [2.24, 2.45) is 5.84 Å². The molecule has 0 fully saturated rings. The van der Waals surface area contributed by atoms with Gasteiger partial charge in [-0.25, -0.2) is 14.2 Å². The minimum Gasteiger partial charge on any atom is -0.271 e. The fourth-order valence-corrected chi connectivity index (χ4v) is 2.93. The summed E-state index contributed by atoms with van der Waals surface area (Å²) in [6, 6.07) is 4.79. The third kappa shape index (κ3) is 2.43. The molecule has 96 valence electrons. The first kappa shape index (κ1) is 13.1. The molecule has 0 aliphatic heterocycles. The predicted octanol–water partition coefficient (Wildman–Crippen LogP) is 3.20. The van der Waals surface area contributed by atoms with E-state index in [0.29, 0.717) is 0 Å². The summed E-state index contributed by atoms with van der Waals surface area (Å²) < 4.78 is 27.0. The van der Waals surface area contributed by atoms with Crippen LogP contribution in [-0.2, 0) is 0 Å². The number of rotatable bonds is 3. The van der Waals surface area contributed by atoms with Crippen LogP contribution in [0, 0.1) is 25.5 Å². The minimum absolute atomic E-state index is 0.221.